The molecular weight excluding hydrogens is 342 g/mol. The Morgan fingerprint density at radius 3 is 2.19 bits per heavy atom. The van der Waals surface area contributed by atoms with Gasteiger partial charge in [-0.15, -0.1) is 0 Å². The molecule has 9 heteroatoms. The molecule has 9 nitrogen and oxygen atoms in total. The van der Waals surface area contributed by atoms with Gasteiger partial charge >= 0.3 is 17.8 Å². The summed E-state index contributed by atoms with van der Waals surface area (Å²) in [6.45, 7) is 1.41. The number of rotatable bonds is 7. The molecule has 1 fully saturated rings. The quantitative estimate of drug-likeness (QED) is 0.516. The van der Waals surface area contributed by atoms with Crippen LogP contribution in [0.1, 0.15) is 12.5 Å². The largest absolute Gasteiger partial charge is 0.493 e. The van der Waals surface area contributed by atoms with Gasteiger partial charge in [-0.05, 0) is 24.6 Å². The maximum atomic E-state index is 12.4. The summed E-state index contributed by atoms with van der Waals surface area (Å²) in [5, 5.41) is 0. The van der Waals surface area contributed by atoms with Crippen LogP contribution < -0.4 is 9.47 Å². The summed E-state index contributed by atoms with van der Waals surface area (Å²) in [6.07, 6.45) is 0. The van der Waals surface area contributed by atoms with Crippen LogP contribution >= 0.6 is 0 Å². The molecule has 1 aromatic carbocycles. The summed E-state index contributed by atoms with van der Waals surface area (Å²) in [7, 11) is 4.58. The number of amides is 5. The number of ether oxygens (including phenoxy) is 2. The minimum absolute atomic E-state index is 0.0789. The second kappa shape index (κ2) is 7.85. The van der Waals surface area contributed by atoms with Crippen molar-refractivity contribution in [2.24, 2.45) is 0 Å². The van der Waals surface area contributed by atoms with Gasteiger partial charge in [-0.3, -0.25) is 19.3 Å². The summed E-state index contributed by atoms with van der Waals surface area (Å²) in [5.74, 6) is -1.26. The molecule has 0 aliphatic carbocycles. The van der Waals surface area contributed by atoms with Gasteiger partial charge in [-0.2, -0.15) is 0 Å². The molecule has 0 saturated carbocycles. The van der Waals surface area contributed by atoms with E-state index in [-0.39, 0.29) is 13.1 Å². The second-order valence-electron chi connectivity index (χ2n) is 5.66. The SMILES string of the molecule is CCN1C(=O)C(=O)N(CC(=O)N(C)Cc2ccc(OC)c(OC)c2)C1=O. The van der Waals surface area contributed by atoms with Gasteiger partial charge in [0.1, 0.15) is 6.54 Å². The normalized spacial score (nSPS) is 14.1. The predicted molar refractivity (Wildman–Crippen MR) is 90.5 cm³/mol. The van der Waals surface area contributed by atoms with Crippen molar-refractivity contribution in [3.05, 3.63) is 23.8 Å². The lowest BCUT2D eigenvalue weighted by molar-refractivity contribution is -0.144. The van der Waals surface area contributed by atoms with E-state index in [4.69, 9.17) is 9.47 Å². The first-order valence-electron chi connectivity index (χ1n) is 7.96. The van der Waals surface area contributed by atoms with Crippen LogP contribution in [0.3, 0.4) is 0 Å². The van der Waals surface area contributed by atoms with Gasteiger partial charge in [0.2, 0.25) is 5.91 Å². The Balaban J connectivity index is 2.05. The van der Waals surface area contributed by atoms with Gasteiger partial charge in [-0.1, -0.05) is 6.07 Å². The summed E-state index contributed by atoms with van der Waals surface area (Å²) >= 11 is 0. The van der Waals surface area contributed by atoms with Crippen molar-refractivity contribution >= 4 is 23.8 Å². The minimum atomic E-state index is -0.982. The molecule has 1 aliphatic rings. The average molecular weight is 363 g/mol. The summed E-state index contributed by atoms with van der Waals surface area (Å²) < 4.78 is 10.4. The van der Waals surface area contributed by atoms with Crippen molar-refractivity contribution in [2.45, 2.75) is 13.5 Å². The Morgan fingerprint density at radius 2 is 1.65 bits per heavy atom. The molecule has 1 aromatic rings. The lowest BCUT2D eigenvalue weighted by atomic mass is 10.2. The van der Waals surface area contributed by atoms with Crippen LogP contribution in [-0.2, 0) is 20.9 Å². The third kappa shape index (κ3) is 3.61. The number of hydrogen-bond donors (Lipinski definition) is 0. The van der Waals surface area contributed by atoms with Crippen LogP contribution in [0.4, 0.5) is 4.79 Å². The number of benzene rings is 1. The number of likely N-dealkylation sites (N-methyl/N-ethyl adjacent to an activating group) is 2. The number of methoxy groups -OCH3 is 2. The predicted octanol–water partition coefficient (Wildman–Crippen LogP) is 0.473. The highest BCUT2D eigenvalue weighted by Crippen LogP contribution is 2.28. The molecule has 0 radical (unpaired) electrons. The Bertz CT molecular complexity index is 748. The standard InChI is InChI=1S/C17H21N3O6/c1-5-19-15(22)16(23)20(17(19)24)10-14(21)18(2)9-11-6-7-12(25-3)13(8-11)26-4/h6-8H,5,9-10H2,1-4H3. The zero-order chi connectivity index (χ0) is 19.4. The molecule has 0 unspecified atom stereocenters. The van der Waals surface area contributed by atoms with Crippen molar-refractivity contribution in [3.8, 4) is 11.5 Å². The van der Waals surface area contributed by atoms with Crippen LogP contribution in [0.2, 0.25) is 0 Å². The van der Waals surface area contributed by atoms with Gasteiger partial charge in [0.15, 0.2) is 11.5 Å². The molecule has 2 rings (SSSR count). The molecular formula is C17H21N3O6. The van der Waals surface area contributed by atoms with Crippen molar-refractivity contribution in [1.82, 2.24) is 14.7 Å². The zero-order valence-electron chi connectivity index (χ0n) is 15.1. The molecule has 0 atom stereocenters. The Hall–Kier alpha value is -3.10. The first-order valence-corrected chi connectivity index (χ1v) is 7.96. The number of nitrogens with zero attached hydrogens (tertiary/aromatic N) is 3. The first kappa shape index (κ1) is 19.2. The van der Waals surface area contributed by atoms with Gasteiger partial charge in [-0.25, -0.2) is 9.69 Å². The van der Waals surface area contributed by atoms with Crippen LogP contribution in [0.5, 0.6) is 11.5 Å². The van der Waals surface area contributed by atoms with Crippen molar-refractivity contribution in [3.63, 3.8) is 0 Å². The highest BCUT2D eigenvalue weighted by atomic mass is 16.5. The number of hydrogen-bond acceptors (Lipinski definition) is 6. The van der Waals surface area contributed by atoms with Crippen LogP contribution in [0.15, 0.2) is 18.2 Å². The number of imide groups is 2. The van der Waals surface area contributed by atoms with Gasteiger partial charge < -0.3 is 14.4 Å². The van der Waals surface area contributed by atoms with Crippen LogP contribution in [0, 0.1) is 0 Å². The highest BCUT2D eigenvalue weighted by Gasteiger charge is 2.44. The topological polar surface area (TPSA) is 96.5 Å². The first-order chi connectivity index (χ1) is 12.3. The van der Waals surface area contributed by atoms with E-state index >= 15 is 0 Å². The Labute approximate surface area is 151 Å². The molecule has 0 aromatic heterocycles. The molecule has 26 heavy (non-hydrogen) atoms. The van der Waals surface area contributed by atoms with E-state index in [9.17, 15) is 19.2 Å². The van der Waals surface area contributed by atoms with Crippen LogP contribution in [-0.4, -0.2) is 72.8 Å². The number of carbonyl (C=O) groups excluding carboxylic acids is 4. The summed E-state index contributed by atoms with van der Waals surface area (Å²) in [6, 6.07) is 4.46. The second-order valence-corrected chi connectivity index (χ2v) is 5.66. The van der Waals surface area contributed by atoms with E-state index in [2.05, 4.69) is 0 Å². The lowest BCUT2D eigenvalue weighted by Gasteiger charge is -2.21. The van der Waals surface area contributed by atoms with Gasteiger partial charge in [0.25, 0.3) is 0 Å². The Morgan fingerprint density at radius 1 is 1.04 bits per heavy atom. The third-order valence-corrected chi connectivity index (χ3v) is 4.04. The fourth-order valence-electron chi connectivity index (χ4n) is 2.57. The van der Waals surface area contributed by atoms with Crippen molar-refractivity contribution in [2.75, 3.05) is 34.4 Å². The maximum absolute atomic E-state index is 12.4. The van der Waals surface area contributed by atoms with E-state index < -0.39 is 30.3 Å². The molecule has 1 saturated heterocycles. The molecule has 1 aliphatic heterocycles. The molecule has 0 N–H and O–H groups in total. The average Bonchev–Trinajstić information content (AvgIpc) is 2.84. The molecule has 0 bridgehead atoms. The molecule has 140 valence electrons. The fraction of sp³-hybridized carbons (Fsp3) is 0.412. The molecule has 5 amide bonds. The third-order valence-electron chi connectivity index (χ3n) is 4.04. The molecule has 1 heterocycles. The minimum Gasteiger partial charge on any atom is -0.493 e. The van der Waals surface area contributed by atoms with Crippen molar-refractivity contribution < 1.29 is 28.7 Å². The van der Waals surface area contributed by atoms with E-state index in [0.29, 0.717) is 16.4 Å². The molecule has 0 spiro atoms. The van der Waals surface area contributed by atoms with Crippen LogP contribution in [0.25, 0.3) is 0 Å². The Kier molecular flexibility index (Phi) is 5.81. The lowest BCUT2D eigenvalue weighted by Crippen LogP contribution is -2.42. The highest BCUT2D eigenvalue weighted by molar-refractivity contribution is 6.45. The summed E-state index contributed by atoms with van der Waals surface area (Å²) in [5.41, 5.74) is 0.781. The number of urea groups is 1. The maximum Gasteiger partial charge on any atom is 0.334 e. The van der Waals surface area contributed by atoms with Crippen molar-refractivity contribution in [1.29, 1.82) is 0 Å². The van der Waals surface area contributed by atoms with E-state index in [1.54, 1.807) is 32.2 Å². The smallest absolute Gasteiger partial charge is 0.334 e. The van der Waals surface area contributed by atoms with E-state index in [1.165, 1.54) is 19.1 Å². The van der Waals surface area contributed by atoms with E-state index in [1.807, 2.05) is 0 Å². The number of carbonyl (C=O) groups is 4. The van der Waals surface area contributed by atoms with Gasteiger partial charge in [0.05, 0.1) is 14.2 Å². The van der Waals surface area contributed by atoms with Gasteiger partial charge in [0, 0.05) is 20.1 Å². The fourth-order valence-corrected chi connectivity index (χ4v) is 2.57. The monoisotopic (exact) mass is 363 g/mol. The van der Waals surface area contributed by atoms with E-state index in [0.717, 1.165) is 10.5 Å². The summed E-state index contributed by atoms with van der Waals surface area (Å²) in [4.78, 5) is 50.8. The zero-order valence-corrected chi connectivity index (χ0v) is 15.1.